The summed E-state index contributed by atoms with van der Waals surface area (Å²) in [6.45, 7) is 0. The van der Waals surface area contributed by atoms with E-state index >= 15 is 0 Å². The molecule has 2 amide bonds. The fourth-order valence-electron chi connectivity index (χ4n) is 2.88. The Kier molecular flexibility index (Phi) is 7.76. The SMILES string of the molecule is COc1cc(NC(=O)c2ccccc2)c(OC)cc1NC(=O)/C=C/c1c(Cl)cccc1Cl. The number of halogens is 2. The maximum absolute atomic E-state index is 12.5. The molecule has 0 heterocycles. The fraction of sp³-hybridized carbons (Fsp3) is 0.0833. The van der Waals surface area contributed by atoms with Gasteiger partial charge in [0.15, 0.2) is 0 Å². The second-order valence-corrected chi connectivity index (χ2v) is 7.35. The summed E-state index contributed by atoms with van der Waals surface area (Å²) in [7, 11) is 2.92. The van der Waals surface area contributed by atoms with E-state index < -0.39 is 5.91 Å². The largest absolute Gasteiger partial charge is 0.494 e. The number of amides is 2. The van der Waals surface area contributed by atoms with E-state index in [1.807, 2.05) is 6.07 Å². The van der Waals surface area contributed by atoms with Crippen molar-refractivity contribution in [2.75, 3.05) is 24.9 Å². The van der Waals surface area contributed by atoms with E-state index in [4.69, 9.17) is 32.7 Å². The second kappa shape index (κ2) is 10.7. The topological polar surface area (TPSA) is 76.7 Å². The van der Waals surface area contributed by atoms with Crippen molar-refractivity contribution in [3.05, 3.63) is 87.9 Å². The molecule has 6 nitrogen and oxygen atoms in total. The molecule has 0 saturated heterocycles. The smallest absolute Gasteiger partial charge is 0.255 e. The Bertz CT molecular complexity index is 1140. The van der Waals surface area contributed by atoms with Crippen LogP contribution in [0.15, 0.2) is 66.7 Å². The molecule has 3 aromatic rings. The number of rotatable bonds is 7. The first-order chi connectivity index (χ1) is 15.4. The predicted molar refractivity (Wildman–Crippen MR) is 128 cm³/mol. The van der Waals surface area contributed by atoms with Gasteiger partial charge in [-0.2, -0.15) is 0 Å². The van der Waals surface area contributed by atoms with Gasteiger partial charge in [-0.05, 0) is 30.3 Å². The van der Waals surface area contributed by atoms with Gasteiger partial charge in [0.1, 0.15) is 11.5 Å². The molecule has 0 saturated carbocycles. The molecule has 32 heavy (non-hydrogen) atoms. The van der Waals surface area contributed by atoms with E-state index in [1.54, 1.807) is 54.6 Å². The summed E-state index contributed by atoms with van der Waals surface area (Å²) in [6.07, 6.45) is 2.84. The molecule has 0 radical (unpaired) electrons. The molecule has 2 N–H and O–H groups in total. The highest BCUT2D eigenvalue weighted by Crippen LogP contribution is 2.36. The first kappa shape index (κ1) is 23.2. The van der Waals surface area contributed by atoms with Gasteiger partial charge < -0.3 is 20.1 Å². The lowest BCUT2D eigenvalue weighted by atomic mass is 10.2. The van der Waals surface area contributed by atoms with Crippen LogP contribution in [0.25, 0.3) is 6.08 Å². The molecule has 0 spiro atoms. The Hall–Kier alpha value is -3.48. The number of carbonyl (C=O) groups is 2. The Balaban J connectivity index is 1.82. The first-order valence-corrected chi connectivity index (χ1v) is 10.2. The molecule has 0 aliphatic rings. The standard InChI is InChI=1S/C24H20Cl2N2O4/c1-31-21-14-20(28-24(30)15-7-4-3-5-8-15)22(32-2)13-19(21)27-23(29)12-11-16-17(25)9-6-10-18(16)26/h3-14H,1-2H3,(H,27,29)(H,28,30)/b12-11+. The van der Waals surface area contributed by atoms with Crippen molar-refractivity contribution in [3.8, 4) is 11.5 Å². The molecule has 8 heteroatoms. The minimum absolute atomic E-state index is 0.303. The van der Waals surface area contributed by atoms with E-state index in [2.05, 4.69) is 10.6 Å². The van der Waals surface area contributed by atoms with Crippen LogP contribution in [0.4, 0.5) is 11.4 Å². The molecule has 164 valence electrons. The molecule has 0 bridgehead atoms. The predicted octanol–water partition coefficient (Wildman–Crippen LogP) is 5.91. The average Bonchev–Trinajstić information content (AvgIpc) is 2.79. The van der Waals surface area contributed by atoms with Crippen LogP contribution in [0.5, 0.6) is 11.5 Å². The summed E-state index contributed by atoms with van der Waals surface area (Å²) in [5, 5.41) is 6.38. The van der Waals surface area contributed by atoms with Crippen molar-refractivity contribution in [1.82, 2.24) is 0 Å². The summed E-state index contributed by atoms with van der Waals surface area (Å²) in [4.78, 5) is 25.0. The van der Waals surface area contributed by atoms with Crippen LogP contribution in [0, 0.1) is 0 Å². The Morgan fingerprint density at radius 2 is 1.38 bits per heavy atom. The van der Waals surface area contributed by atoms with E-state index in [0.717, 1.165) is 0 Å². The molecule has 3 aromatic carbocycles. The zero-order valence-corrected chi connectivity index (χ0v) is 18.8. The first-order valence-electron chi connectivity index (χ1n) is 9.48. The van der Waals surface area contributed by atoms with Crippen LogP contribution in [0.3, 0.4) is 0 Å². The third kappa shape index (κ3) is 5.60. The number of hydrogen-bond acceptors (Lipinski definition) is 4. The van der Waals surface area contributed by atoms with Gasteiger partial charge in [0.25, 0.3) is 5.91 Å². The molecule has 0 fully saturated rings. The fourth-order valence-corrected chi connectivity index (χ4v) is 3.40. The average molecular weight is 471 g/mol. The van der Waals surface area contributed by atoms with Crippen LogP contribution >= 0.6 is 23.2 Å². The number of carbonyl (C=O) groups excluding carboxylic acids is 2. The van der Waals surface area contributed by atoms with E-state index in [-0.39, 0.29) is 5.91 Å². The normalized spacial score (nSPS) is 10.6. The zero-order valence-electron chi connectivity index (χ0n) is 17.3. The highest BCUT2D eigenvalue weighted by atomic mass is 35.5. The van der Waals surface area contributed by atoms with E-state index in [1.165, 1.54) is 26.4 Å². The molecule has 0 aliphatic heterocycles. The van der Waals surface area contributed by atoms with Gasteiger partial charge in [0.2, 0.25) is 5.91 Å². The van der Waals surface area contributed by atoms with Crippen molar-refractivity contribution in [3.63, 3.8) is 0 Å². The van der Waals surface area contributed by atoms with Crippen molar-refractivity contribution in [1.29, 1.82) is 0 Å². The molecule has 0 atom stereocenters. The number of hydrogen-bond donors (Lipinski definition) is 2. The highest BCUT2D eigenvalue weighted by molar-refractivity contribution is 6.37. The number of anilines is 2. The highest BCUT2D eigenvalue weighted by Gasteiger charge is 2.15. The summed E-state index contributed by atoms with van der Waals surface area (Å²) in [6, 6.07) is 17.0. The van der Waals surface area contributed by atoms with Crippen LogP contribution in [0.1, 0.15) is 15.9 Å². The van der Waals surface area contributed by atoms with Gasteiger partial charge in [-0.15, -0.1) is 0 Å². The summed E-state index contributed by atoms with van der Waals surface area (Å²) in [5.74, 6) is -0.0418. The number of ether oxygens (including phenoxy) is 2. The molecule has 0 aliphatic carbocycles. The molecule has 3 rings (SSSR count). The van der Waals surface area contributed by atoms with Crippen LogP contribution in [-0.2, 0) is 4.79 Å². The van der Waals surface area contributed by atoms with Crippen molar-refractivity contribution >= 4 is 52.5 Å². The van der Waals surface area contributed by atoms with Crippen LogP contribution in [0.2, 0.25) is 10.0 Å². The molecular weight excluding hydrogens is 451 g/mol. The Morgan fingerprint density at radius 1 is 0.812 bits per heavy atom. The maximum atomic E-state index is 12.5. The maximum Gasteiger partial charge on any atom is 0.255 e. The monoisotopic (exact) mass is 470 g/mol. The van der Waals surface area contributed by atoms with Gasteiger partial charge >= 0.3 is 0 Å². The Morgan fingerprint density at radius 3 is 1.94 bits per heavy atom. The van der Waals surface area contributed by atoms with E-state index in [0.29, 0.717) is 44.0 Å². The van der Waals surface area contributed by atoms with Gasteiger partial charge in [0.05, 0.1) is 25.6 Å². The lowest BCUT2D eigenvalue weighted by molar-refractivity contribution is -0.111. The van der Waals surface area contributed by atoms with Crippen molar-refractivity contribution in [2.24, 2.45) is 0 Å². The third-order valence-corrected chi connectivity index (χ3v) is 5.12. The number of benzene rings is 3. The van der Waals surface area contributed by atoms with Crippen LogP contribution in [-0.4, -0.2) is 26.0 Å². The number of nitrogens with one attached hydrogen (secondary N) is 2. The van der Waals surface area contributed by atoms with E-state index in [9.17, 15) is 9.59 Å². The van der Waals surface area contributed by atoms with Crippen molar-refractivity contribution in [2.45, 2.75) is 0 Å². The molecule has 0 aromatic heterocycles. The lowest BCUT2D eigenvalue weighted by Crippen LogP contribution is -2.14. The minimum Gasteiger partial charge on any atom is -0.494 e. The summed E-state index contributed by atoms with van der Waals surface area (Å²) in [5.41, 5.74) is 1.79. The van der Waals surface area contributed by atoms with Crippen LogP contribution < -0.4 is 20.1 Å². The van der Waals surface area contributed by atoms with Gasteiger partial charge in [-0.3, -0.25) is 9.59 Å². The number of methoxy groups -OCH3 is 2. The van der Waals surface area contributed by atoms with Gasteiger partial charge in [0, 0.05) is 39.4 Å². The minimum atomic E-state index is -0.428. The van der Waals surface area contributed by atoms with Gasteiger partial charge in [-0.1, -0.05) is 47.5 Å². The quantitative estimate of drug-likeness (QED) is 0.420. The zero-order chi connectivity index (χ0) is 23.1. The van der Waals surface area contributed by atoms with Crippen molar-refractivity contribution < 1.29 is 19.1 Å². The third-order valence-electron chi connectivity index (χ3n) is 4.46. The summed E-state index contributed by atoms with van der Waals surface area (Å²) < 4.78 is 10.8. The Labute approximate surface area is 195 Å². The molecule has 0 unspecified atom stereocenters. The van der Waals surface area contributed by atoms with Gasteiger partial charge in [-0.25, -0.2) is 0 Å². The lowest BCUT2D eigenvalue weighted by Gasteiger charge is -2.16. The second-order valence-electron chi connectivity index (χ2n) is 6.53. The summed E-state index contributed by atoms with van der Waals surface area (Å²) >= 11 is 12.3. The molecular formula is C24H20Cl2N2O4.